The summed E-state index contributed by atoms with van der Waals surface area (Å²) in [5.41, 5.74) is 0.788. The molecule has 0 spiro atoms. The Kier molecular flexibility index (Phi) is 3.92. The molecule has 2 N–H and O–H groups in total. The Bertz CT molecular complexity index is 585. The van der Waals surface area contributed by atoms with E-state index < -0.39 is 0 Å². The normalized spacial score (nSPS) is 15.0. The quantitative estimate of drug-likeness (QED) is 0.871. The van der Waals surface area contributed by atoms with Gasteiger partial charge in [0, 0.05) is 26.2 Å². The second-order valence-electron chi connectivity index (χ2n) is 4.76. The smallest absolute Gasteiger partial charge is 0.245 e. The first-order valence-corrected chi connectivity index (χ1v) is 6.93. The number of methoxy groups -OCH3 is 2. The van der Waals surface area contributed by atoms with Crippen LogP contribution in [0.1, 0.15) is 0 Å². The molecule has 112 valence electrons. The summed E-state index contributed by atoms with van der Waals surface area (Å²) >= 11 is 0. The highest BCUT2D eigenvalue weighted by molar-refractivity contribution is 5.72. The van der Waals surface area contributed by atoms with Crippen molar-refractivity contribution in [3.63, 3.8) is 0 Å². The molecule has 0 bridgehead atoms. The molecule has 0 atom stereocenters. The molecule has 0 radical (unpaired) electrons. The second kappa shape index (κ2) is 6.01. The molecular weight excluding hydrogens is 270 g/mol. The lowest BCUT2D eigenvalue weighted by Gasteiger charge is -2.25. The molecule has 0 amide bonds. The minimum absolute atomic E-state index is 0.651. The number of ether oxygens (including phenoxy) is 2. The summed E-state index contributed by atoms with van der Waals surface area (Å²) in [7, 11) is 3.26. The van der Waals surface area contributed by atoms with E-state index in [0.29, 0.717) is 23.3 Å². The summed E-state index contributed by atoms with van der Waals surface area (Å²) in [4.78, 5) is 6.74. The van der Waals surface area contributed by atoms with Crippen LogP contribution in [-0.4, -0.2) is 55.6 Å². The Hall–Kier alpha value is -2.28. The SMILES string of the molecule is COc1cccc(OC)c1-c1nc(N2CCNCC2)n[nH]1. The van der Waals surface area contributed by atoms with Crippen molar-refractivity contribution >= 4 is 5.95 Å². The summed E-state index contributed by atoms with van der Waals surface area (Å²) in [6.07, 6.45) is 0. The number of nitrogens with one attached hydrogen (secondary N) is 2. The molecule has 21 heavy (non-hydrogen) atoms. The van der Waals surface area contributed by atoms with Crippen molar-refractivity contribution in [2.45, 2.75) is 0 Å². The van der Waals surface area contributed by atoms with E-state index >= 15 is 0 Å². The standard InChI is InChI=1S/C14H19N5O2/c1-20-10-4-3-5-11(21-2)12(10)13-16-14(18-17-13)19-8-6-15-7-9-19/h3-5,15H,6-9H2,1-2H3,(H,16,17,18). The van der Waals surface area contributed by atoms with Gasteiger partial charge in [0.25, 0.3) is 0 Å². The minimum Gasteiger partial charge on any atom is -0.496 e. The summed E-state index contributed by atoms with van der Waals surface area (Å²) < 4.78 is 10.8. The van der Waals surface area contributed by atoms with Crippen molar-refractivity contribution in [1.82, 2.24) is 20.5 Å². The predicted octanol–water partition coefficient (Wildman–Crippen LogP) is 0.898. The molecule has 7 heteroatoms. The number of aromatic amines is 1. The Morgan fingerprint density at radius 1 is 1.10 bits per heavy atom. The highest BCUT2D eigenvalue weighted by atomic mass is 16.5. The Morgan fingerprint density at radius 2 is 1.76 bits per heavy atom. The number of nitrogens with zero attached hydrogens (tertiary/aromatic N) is 3. The first-order chi connectivity index (χ1) is 10.3. The molecule has 1 saturated heterocycles. The molecule has 1 fully saturated rings. The lowest BCUT2D eigenvalue weighted by Crippen LogP contribution is -2.44. The number of hydrogen-bond donors (Lipinski definition) is 2. The van der Waals surface area contributed by atoms with Gasteiger partial charge in [-0.15, -0.1) is 5.10 Å². The summed E-state index contributed by atoms with van der Waals surface area (Å²) in [6.45, 7) is 3.70. The minimum atomic E-state index is 0.651. The maximum absolute atomic E-state index is 5.41. The van der Waals surface area contributed by atoms with E-state index in [-0.39, 0.29) is 0 Å². The molecular formula is C14H19N5O2. The number of hydrogen-bond acceptors (Lipinski definition) is 6. The van der Waals surface area contributed by atoms with Gasteiger partial charge in [0.15, 0.2) is 5.82 Å². The van der Waals surface area contributed by atoms with Gasteiger partial charge in [-0.2, -0.15) is 4.98 Å². The number of H-pyrrole nitrogens is 1. The average Bonchev–Trinajstić information content (AvgIpc) is 3.04. The van der Waals surface area contributed by atoms with Crippen molar-refractivity contribution in [2.24, 2.45) is 0 Å². The van der Waals surface area contributed by atoms with E-state index in [2.05, 4.69) is 25.4 Å². The van der Waals surface area contributed by atoms with Gasteiger partial charge in [-0.25, -0.2) is 0 Å². The Balaban J connectivity index is 1.95. The van der Waals surface area contributed by atoms with Gasteiger partial charge in [-0.1, -0.05) is 6.07 Å². The lowest BCUT2D eigenvalue weighted by molar-refractivity contribution is 0.397. The third-order valence-corrected chi connectivity index (χ3v) is 3.54. The third kappa shape index (κ3) is 2.64. The highest BCUT2D eigenvalue weighted by Gasteiger charge is 2.19. The molecule has 2 aromatic rings. The van der Waals surface area contributed by atoms with Crippen LogP contribution in [0.4, 0.5) is 5.95 Å². The van der Waals surface area contributed by atoms with Gasteiger partial charge in [0.1, 0.15) is 17.1 Å². The largest absolute Gasteiger partial charge is 0.496 e. The Labute approximate surface area is 123 Å². The fourth-order valence-corrected chi connectivity index (χ4v) is 2.46. The van der Waals surface area contributed by atoms with Crippen molar-refractivity contribution in [3.05, 3.63) is 18.2 Å². The monoisotopic (exact) mass is 289 g/mol. The fourth-order valence-electron chi connectivity index (χ4n) is 2.46. The van der Waals surface area contributed by atoms with Crippen molar-refractivity contribution in [1.29, 1.82) is 0 Å². The Morgan fingerprint density at radius 3 is 2.38 bits per heavy atom. The number of anilines is 1. The lowest BCUT2D eigenvalue weighted by atomic mass is 10.1. The summed E-state index contributed by atoms with van der Waals surface area (Å²) in [5, 5.41) is 10.6. The highest BCUT2D eigenvalue weighted by Crippen LogP contribution is 2.36. The molecule has 0 unspecified atom stereocenters. The number of rotatable bonds is 4. The summed E-state index contributed by atoms with van der Waals surface area (Å²) in [6, 6.07) is 5.64. The fraction of sp³-hybridized carbons (Fsp3) is 0.429. The van der Waals surface area contributed by atoms with Crippen molar-refractivity contribution < 1.29 is 9.47 Å². The van der Waals surface area contributed by atoms with Gasteiger partial charge in [0.05, 0.1) is 14.2 Å². The maximum atomic E-state index is 5.41. The van der Waals surface area contributed by atoms with Crippen LogP contribution in [0.5, 0.6) is 11.5 Å². The molecule has 1 aliphatic heterocycles. The van der Waals surface area contributed by atoms with Gasteiger partial charge in [0.2, 0.25) is 5.95 Å². The van der Waals surface area contributed by atoms with Gasteiger partial charge in [-0.05, 0) is 12.1 Å². The first-order valence-electron chi connectivity index (χ1n) is 6.93. The summed E-state index contributed by atoms with van der Waals surface area (Å²) in [5.74, 6) is 2.77. The van der Waals surface area contributed by atoms with Crippen LogP contribution in [0.25, 0.3) is 11.4 Å². The number of piperazine rings is 1. The molecule has 1 aliphatic rings. The van der Waals surface area contributed by atoms with Crippen LogP contribution in [0.3, 0.4) is 0 Å². The van der Waals surface area contributed by atoms with Gasteiger partial charge in [-0.3, -0.25) is 5.10 Å². The zero-order chi connectivity index (χ0) is 14.7. The van der Waals surface area contributed by atoms with Crippen LogP contribution in [0, 0.1) is 0 Å². The molecule has 0 aliphatic carbocycles. The van der Waals surface area contributed by atoms with Crippen LogP contribution in [0.15, 0.2) is 18.2 Å². The van der Waals surface area contributed by atoms with E-state index in [1.807, 2.05) is 18.2 Å². The number of aromatic nitrogens is 3. The topological polar surface area (TPSA) is 75.3 Å². The van der Waals surface area contributed by atoms with E-state index in [1.54, 1.807) is 14.2 Å². The maximum Gasteiger partial charge on any atom is 0.245 e. The van der Waals surface area contributed by atoms with Gasteiger partial charge >= 0.3 is 0 Å². The van der Waals surface area contributed by atoms with Crippen LogP contribution < -0.4 is 19.7 Å². The molecule has 0 saturated carbocycles. The predicted molar refractivity (Wildman–Crippen MR) is 80.0 cm³/mol. The van der Waals surface area contributed by atoms with E-state index in [1.165, 1.54) is 0 Å². The van der Waals surface area contributed by atoms with Crippen LogP contribution in [-0.2, 0) is 0 Å². The molecule has 2 heterocycles. The molecule has 7 nitrogen and oxygen atoms in total. The van der Waals surface area contributed by atoms with Gasteiger partial charge < -0.3 is 19.7 Å². The molecule has 1 aromatic heterocycles. The average molecular weight is 289 g/mol. The van der Waals surface area contributed by atoms with E-state index in [9.17, 15) is 0 Å². The second-order valence-corrected chi connectivity index (χ2v) is 4.76. The van der Waals surface area contributed by atoms with E-state index in [0.717, 1.165) is 31.7 Å². The third-order valence-electron chi connectivity index (χ3n) is 3.54. The number of benzene rings is 1. The van der Waals surface area contributed by atoms with Crippen molar-refractivity contribution in [3.8, 4) is 22.9 Å². The molecule has 1 aromatic carbocycles. The van der Waals surface area contributed by atoms with Crippen LogP contribution in [0.2, 0.25) is 0 Å². The van der Waals surface area contributed by atoms with E-state index in [4.69, 9.17) is 9.47 Å². The van der Waals surface area contributed by atoms with Crippen molar-refractivity contribution in [2.75, 3.05) is 45.3 Å². The zero-order valence-corrected chi connectivity index (χ0v) is 12.2. The van der Waals surface area contributed by atoms with Crippen LogP contribution >= 0.6 is 0 Å². The first kappa shape index (κ1) is 13.7. The zero-order valence-electron chi connectivity index (χ0n) is 12.2. The molecule has 3 rings (SSSR count).